The lowest BCUT2D eigenvalue weighted by molar-refractivity contribution is -0.137. The maximum Gasteiger partial charge on any atom is 0.251 e. The minimum absolute atomic E-state index is 0.0179. The molecule has 3 heterocycles. The highest BCUT2D eigenvalue weighted by atomic mass is 35.5. The SMILES string of the molecule is CNC(=O)[C@H]1O[C@@H](n2cnc3c(NCc4cc(F)cc(F)c4)nc(Cl)nc32)[C@H](O)[C@@H]1O. The number of likely N-dealkylation sites (N-methyl/N-ethyl adjacent to an activating group) is 1. The summed E-state index contributed by atoms with van der Waals surface area (Å²) in [4.78, 5) is 24.2. The van der Waals surface area contributed by atoms with Crippen LogP contribution >= 0.6 is 11.6 Å². The second-order valence-corrected chi connectivity index (χ2v) is 7.18. The number of hydrogen-bond donors (Lipinski definition) is 4. The van der Waals surface area contributed by atoms with E-state index < -0.39 is 42.1 Å². The van der Waals surface area contributed by atoms with Gasteiger partial charge in [-0.05, 0) is 29.3 Å². The third kappa shape index (κ3) is 4.02. The number of carbonyl (C=O) groups is 1. The smallest absolute Gasteiger partial charge is 0.251 e. The number of aliphatic hydroxyl groups excluding tert-OH is 2. The number of nitrogens with one attached hydrogen (secondary N) is 2. The van der Waals surface area contributed by atoms with E-state index in [4.69, 9.17) is 16.3 Å². The molecule has 31 heavy (non-hydrogen) atoms. The fourth-order valence-corrected chi connectivity index (χ4v) is 3.51. The molecule has 0 spiro atoms. The van der Waals surface area contributed by atoms with Crippen LogP contribution in [-0.4, -0.2) is 61.0 Å². The number of benzene rings is 1. The molecule has 0 bridgehead atoms. The molecule has 4 rings (SSSR count). The van der Waals surface area contributed by atoms with E-state index in [9.17, 15) is 23.8 Å². The van der Waals surface area contributed by atoms with Gasteiger partial charge in [0.2, 0.25) is 5.28 Å². The van der Waals surface area contributed by atoms with E-state index in [-0.39, 0.29) is 28.8 Å². The molecule has 10 nitrogen and oxygen atoms in total. The lowest BCUT2D eigenvalue weighted by Crippen LogP contribution is -2.41. The van der Waals surface area contributed by atoms with Crippen LogP contribution in [0, 0.1) is 11.6 Å². The van der Waals surface area contributed by atoms with Gasteiger partial charge in [0.1, 0.15) is 23.8 Å². The summed E-state index contributed by atoms with van der Waals surface area (Å²) in [7, 11) is 1.38. The Morgan fingerprint density at radius 1 is 1.23 bits per heavy atom. The van der Waals surface area contributed by atoms with Crippen LogP contribution in [0.3, 0.4) is 0 Å². The van der Waals surface area contributed by atoms with Gasteiger partial charge < -0.3 is 25.6 Å². The lowest BCUT2D eigenvalue weighted by Gasteiger charge is -2.16. The Morgan fingerprint density at radius 2 is 1.94 bits per heavy atom. The number of amides is 1. The van der Waals surface area contributed by atoms with Gasteiger partial charge in [0.05, 0.1) is 6.33 Å². The molecule has 0 aliphatic carbocycles. The molecule has 164 valence electrons. The number of aromatic nitrogens is 4. The standard InChI is InChI=1S/C18H17ClF2N6O4/c1-22-16(30)13-11(28)12(29)17(31-13)27-6-24-10-14(25-18(19)26-15(10)27)23-5-7-2-8(20)4-9(21)3-7/h2-4,6,11-13,17,28-29H,5H2,1H3,(H,22,30)(H,23,25,26)/t11-,12+,13-,17+/m0/s1. The summed E-state index contributed by atoms with van der Waals surface area (Å²) in [5, 5.41) is 25.6. The van der Waals surface area contributed by atoms with Crippen molar-refractivity contribution in [2.45, 2.75) is 31.1 Å². The molecule has 1 amide bonds. The molecule has 3 aromatic rings. The average Bonchev–Trinajstić information content (AvgIpc) is 3.26. The van der Waals surface area contributed by atoms with Gasteiger partial charge >= 0.3 is 0 Å². The molecule has 1 saturated heterocycles. The van der Waals surface area contributed by atoms with Crippen LogP contribution in [0.15, 0.2) is 24.5 Å². The summed E-state index contributed by atoms with van der Waals surface area (Å²) in [5.74, 6) is -1.86. The molecule has 0 saturated carbocycles. The normalized spacial score (nSPS) is 23.3. The Hall–Kier alpha value is -2.93. The zero-order valence-corrected chi connectivity index (χ0v) is 16.7. The second-order valence-electron chi connectivity index (χ2n) is 6.84. The van der Waals surface area contributed by atoms with Gasteiger partial charge in [-0.1, -0.05) is 0 Å². The molecule has 2 aromatic heterocycles. The summed E-state index contributed by atoms with van der Waals surface area (Å²) < 4.78 is 33.7. The summed E-state index contributed by atoms with van der Waals surface area (Å²) in [5.41, 5.74) is 0.711. The molecule has 1 fully saturated rings. The Kier molecular flexibility index (Phi) is 5.71. The zero-order chi connectivity index (χ0) is 22.3. The Labute approximate surface area is 178 Å². The molecule has 1 aromatic carbocycles. The van der Waals surface area contributed by atoms with Crippen LogP contribution in [0.5, 0.6) is 0 Å². The molecular formula is C18H17ClF2N6O4. The van der Waals surface area contributed by atoms with Gasteiger partial charge in [-0.15, -0.1) is 0 Å². The van der Waals surface area contributed by atoms with Crippen LogP contribution < -0.4 is 10.6 Å². The van der Waals surface area contributed by atoms with E-state index in [1.54, 1.807) is 0 Å². The van der Waals surface area contributed by atoms with E-state index in [0.29, 0.717) is 5.56 Å². The first kappa shape index (κ1) is 21.3. The minimum Gasteiger partial charge on any atom is -0.387 e. The molecule has 1 aliphatic rings. The third-order valence-corrected chi connectivity index (χ3v) is 4.96. The lowest BCUT2D eigenvalue weighted by atomic mass is 10.1. The maximum atomic E-state index is 13.4. The number of aliphatic hydroxyl groups is 2. The van der Waals surface area contributed by atoms with Crippen LogP contribution in [-0.2, 0) is 16.1 Å². The number of anilines is 1. The highest BCUT2D eigenvalue weighted by molar-refractivity contribution is 6.28. The van der Waals surface area contributed by atoms with Crippen molar-refractivity contribution in [3.05, 3.63) is 47.0 Å². The summed E-state index contributed by atoms with van der Waals surface area (Å²) in [6.07, 6.45) is -4.09. The number of ether oxygens (including phenoxy) is 1. The van der Waals surface area contributed by atoms with Crippen molar-refractivity contribution in [1.82, 2.24) is 24.8 Å². The van der Waals surface area contributed by atoms with Crippen molar-refractivity contribution in [2.75, 3.05) is 12.4 Å². The molecule has 4 N–H and O–H groups in total. The van der Waals surface area contributed by atoms with Gasteiger partial charge in [-0.2, -0.15) is 9.97 Å². The number of fused-ring (bicyclic) bond motifs is 1. The molecular weight excluding hydrogens is 438 g/mol. The topological polar surface area (TPSA) is 134 Å². The predicted octanol–water partition coefficient (Wildman–Crippen LogP) is 0.735. The highest BCUT2D eigenvalue weighted by Gasteiger charge is 2.47. The quantitative estimate of drug-likeness (QED) is 0.415. The van der Waals surface area contributed by atoms with Gasteiger partial charge in [-0.25, -0.2) is 13.8 Å². The van der Waals surface area contributed by atoms with Gasteiger partial charge in [0.25, 0.3) is 5.91 Å². The van der Waals surface area contributed by atoms with Crippen molar-refractivity contribution < 1.29 is 28.5 Å². The first-order valence-corrected chi connectivity index (χ1v) is 9.48. The minimum atomic E-state index is -1.47. The number of nitrogens with zero attached hydrogens (tertiary/aromatic N) is 4. The molecule has 13 heteroatoms. The summed E-state index contributed by atoms with van der Waals surface area (Å²) >= 11 is 6.02. The summed E-state index contributed by atoms with van der Waals surface area (Å²) in [6, 6.07) is 3.09. The van der Waals surface area contributed by atoms with E-state index in [1.165, 1.54) is 17.9 Å². The van der Waals surface area contributed by atoms with E-state index >= 15 is 0 Å². The van der Waals surface area contributed by atoms with Crippen LogP contribution in [0.25, 0.3) is 11.2 Å². The fourth-order valence-electron chi connectivity index (χ4n) is 3.35. The maximum absolute atomic E-state index is 13.4. The molecule has 0 unspecified atom stereocenters. The van der Waals surface area contributed by atoms with Crippen LogP contribution in [0.1, 0.15) is 11.8 Å². The Bertz CT molecular complexity index is 1130. The number of carbonyl (C=O) groups excluding carboxylic acids is 1. The summed E-state index contributed by atoms with van der Waals surface area (Å²) in [6.45, 7) is 0.0179. The van der Waals surface area contributed by atoms with Crippen LogP contribution in [0.2, 0.25) is 5.28 Å². The van der Waals surface area contributed by atoms with Crippen molar-refractivity contribution in [3.63, 3.8) is 0 Å². The first-order chi connectivity index (χ1) is 14.8. The number of rotatable bonds is 5. The molecule has 4 atom stereocenters. The largest absolute Gasteiger partial charge is 0.387 e. The van der Waals surface area contributed by atoms with E-state index in [0.717, 1.165) is 18.2 Å². The number of imidazole rings is 1. The second kappa shape index (κ2) is 8.30. The average molecular weight is 455 g/mol. The van der Waals surface area contributed by atoms with Crippen LogP contribution in [0.4, 0.5) is 14.6 Å². The third-order valence-electron chi connectivity index (χ3n) is 4.79. The van der Waals surface area contributed by atoms with Crippen molar-refractivity contribution in [1.29, 1.82) is 0 Å². The predicted molar refractivity (Wildman–Crippen MR) is 104 cm³/mol. The fraction of sp³-hybridized carbons (Fsp3) is 0.333. The monoisotopic (exact) mass is 454 g/mol. The number of halogens is 3. The number of hydrogen-bond acceptors (Lipinski definition) is 8. The van der Waals surface area contributed by atoms with Crippen molar-refractivity contribution in [3.8, 4) is 0 Å². The van der Waals surface area contributed by atoms with Gasteiger partial charge in [-0.3, -0.25) is 9.36 Å². The van der Waals surface area contributed by atoms with Gasteiger partial charge in [0, 0.05) is 19.7 Å². The molecule has 0 radical (unpaired) electrons. The zero-order valence-electron chi connectivity index (χ0n) is 16.0. The van der Waals surface area contributed by atoms with E-state index in [1.807, 2.05) is 0 Å². The first-order valence-electron chi connectivity index (χ1n) is 9.10. The van der Waals surface area contributed by atoms with Crippen molar-refractivity contribution in [2.24, 2.45) is 0 Å². The van der Waals surface area contributed by atoms with Crippen molar-refractivity contribution >= 4 is 34.5 Å². The highest BCUT2D eigenvalue weighted by Crippen LogP contribution is 2.33. The Balaban J connectivity index is 1.64. The Morgan fingerprint density at radius 3 is 2.61 bits per heavy atom. The molecule has 1 aliphatic heterocycles. The van der Waals surface area contributed by atoms with Gasteiger partial charge in [0.15, 0.2) is 29.3 Å². The van der Waals surface area contributed by atoms with E-state index in [2.05, 4.69) is 25.6 Å².